The van der Waals surface area contributed by atoms with Crippen LogP contribution in [0.1, 0.15) is 81.9 Å². The summed E-state index contributed by atoms with van der Waals surface area (Å²) >= 11 is 4.40. The molecule has 0 saturated heterocycles. The molecule has 4 rings (SSSR count). The molecule has 1 aliphatic carbocycles. The lowest BCUT2D eigenvalue weighted by Gasteiger charge is -2.15. The van der Waals surface area contributed by atoms with E-state index in [1.807, 2.05) is 26.0 Å². The van der Waals surface area contributed by atoms with Gasteiger partial charge in [-0.2, -0.15) is 0 Å². The molecule has 210 valence electrons. The van der Waals surface area contributed by atoms with Crippen molar-refractivity contribution < 1.29 is 14.3 Å². The summed E-state index contributed by atoms with van der Waals surface area (Å²) in [7, 11) is 0. The molecule has 1 saturated carbocycles. The molecule has 3 aromatic carbocycles. The Balaban J connectivity index is 0.000000998. The second-order valence-electron chi connectivity index (χ2n) is 9.22. The molecule has 1 fully saturated rings. The van der Waals surface area contributed by atoms with Crippen LogP contribution in [0.15, 0.2) is 71.6 Å². The van der Waals surface area contributed by atoms with Crippen LogP contribution in [0.25, 0.3) is 23.3 Å². The number of nitrogens with two attached hydrogens (primary N) is 1. The third kappa shape index (κ3) is 11.3. The van der Waals surface area contributed by atoms with Gasteiger partial charge in [0, 0.05) is 11.5 Å². The molecule has 3 aromatic rings. The highest BCUT2D eigenvalue weighted by molar-refractivity contribution is 7.80. The van der Waals surface area contributed by atoms with Gasteiger partial charge in [0.1, 0.15) is 12.4 Å². The van der Waals surface area contributed by atoms with Crippen molar-refractivity contribution >= 4 is 31.2 Å². The molecule has 0 bridgehead atoms. The highest BCUT2D eigenvalue weighted by Crippen LogP contribution is 2.38. The number of primary amides is 1. The van der Waals surface area contributed by atoms with Gasteiger partial charge in [0.2, 0.25) is 6.41 Å². The van der Waals surface area contributed by atoms with Crippen LogP contribution in [-0.2, 0) is 9.53 Å². The summed E-state index contributed by atoms with van der Waals surface area (Å²) in [4.78, 5) is 9.57. The van der Waals surface area contributed by atoms with Crippen LogP contribution in [0.3, 0.4) is 0 Å². The molecule has 0 heterocycles. The zero-order chi connectivity index (χ0) is 28.3. The quantitative estimate of drug-likeness (QED) is 0.109. The Morgan fingerprint density at radius 2 is 1.51 bits per heavy atom. The van der Waals surface area contributed by atoms with E-state index in [1.54, 1.807) is 0 Å². The van der Waals surface area contributed by atoms with Crippen LogP contribution in [0, 0.1) is 0 Å². The van der Waals surface area contributed by atoms with Gasteiger partial charge in [-0.15, -0.1) is 12.6 Å². The molecule has 1 amide bonds. The molecule has 39 heavy (non-hydrogen) atoms. The lowest BCUT2D eigenvalue weighted by Crippen LogP contribution is -2.07. The number of rotatable bonds is 11. The molecule has 2 N–H and O–H groups in total. The van der Waals surface area contributed by atoms with E-state index in [4.69, 9.17) is 14.3 Å². The first-order chi connectivity index (χ1) is 19.1. The summed E-state index contributed by atoms with van der Waals surface area (Å²) in [6.07, 6.45) is 12.3. The van der Waals surface area contributed by atoms with Gasteiger partial charge < -0.3 is 15.2 Å². The van der Waals surface area contributed by atoms with Gasteiger partial charge in [-0.25, -0.2) is 0 Å². The molecule has 0 atom stereocenters. The Kier molecular flexibility index (Phi) is 15.8. The van der Waals surface area contributed by atoms with Crippen molar-refractivity contribution in [1.82, 2.24) is 0 Å². The number of carbonyl (C=O) groups excluding carboxylic acids is 1. The van der Waals surface area contributed by atoms with Crippen molar-refractivity contribution in [1.29, 1.82) is 0 Å². The van der Waals surface area contributed by atoms with Crippen molar-refractivity contribution in [2.75, 3.05) is 19.8 Å². The number of benzene rings is 3. The molecule has 0 radical (unpaired) electrons. The number of thiol groups is 1. The Bertz CT molecular complexity index is 1100. The van der Waals surface area contributed by atoms with Crippen molar-refractivity contribution in [2.24, 2.45) is 5.73 Å². The fourth-order valence-corrected chi connectivity index (χ4v) is 4.74. The lowest BCUT2D eigenvalue weighted by molar-refractivity contribution is -0.106. The molecular formula is C34H45NO3S. The number of amides is 1. The third-order valence-corrected chi connectivity index (χ3v) is 6.85. The third-order valence-electron chi connectivity index (χ3n) is 6.56. The summed E-state index contributed by atoms with van der Waals surface area (Å²) in [5.41, 5.74) is 10.6. The zero-order valence-electron chi connectivity index (χ0n) is 23.8. The fraction of sp³-hybridized carbons (Fsp3) is 0.382. The lowest BCUT2D eigenvalue weighted by atomic mass is 9.89. The van der Waals surface area contributed by atoms with E-state index in [2.05, 4.69) is 92.0 Å². The molecule has 0 aromatic heterocycles. The van der Waals surface area contributed by atoms with Gasteiger partial charge in [0.15, 0.2) is 0 Å². The van der Waals surface area contributed by atoms with Gasteiger partial charge in [-0.1, -0.05) is 88.6 Å². The van der Waals surface area contributed by atoms with Gasteiger partial charge in [0.05, 0.1) is 6.61 Å². The number of hydrogen-bond donors (Lipinski definition) is 2. The molecule has 0 unspecified atom stereocenters. The molecule has 1 aliphatic rings. The monoisotopic (exact) mass is 547 g/mol. The first-order valence-electron chi connectivity index (χ1n) is 14.2. The van der Waals surface area contributed by atoms with Crippen LogP contribution in [-0.4, -0.2) is 26.2 Å². The van der Waals surface area contributed by atoms with Crippen molar-refractivity contribution in [2.45, 2.75) is 70.1 Å². The van der Waals surface area contributed by atoms with Crippen LogP contribution >= 0.6 is 12.6 Å². The summed E-state index contributed by atoms with van der Waals surface area (Å²) < 4.78 is 11.4. The van der Waals surface area contributed by atoms with E-state index in [-0.39, 0.29) is 6.41 Å². The largest absolute Gasteiger partial charge is 0.491 e. The van der Waals surface area contributed by atoms with Crippen molar-refractivity contribution in [3.05, 3.63) is 83.4 Å². The van der Waals surface area contributed by atoms with E-state index >= 15 is 0 Å². The maximum Gasteiger partial charge on any atom is 0.204 e. The minimum absolute atomic E-state index is 0.250. The molecule has 5 heteroatoms. The van der Waals surface area contributed by atoms with Crippen molar-refractivity contribution in [3.8, 4) is 16.9 Å². The van der Waals surface area contributed by atoms with Gasteiger partial charge in [-0.3, -0.25) is 4.79 Å². The van der Waals surface area contributed by atoms with E-state index < -0.39 is 0 Å². The average Bonchev–Trinajstić information content (AvgIpc) is 3.51. The van der Waals surface area contributed by atoms with Crippen molar-refractivity contribution in [3.63, 3.8) is 0 Å². The Labute approximate surface area is 241 Å². The Hall–Kier alpha value is -3.02. The second-order valence-corrected chi connectivity index (χ2v) is 9.74. The summed E-state index contributed by atoms with van der Waals surface area (Å²) in [6, 6.07) is 23.7. The van der Waals surface area contributed by atoms with Crippen LogP contribution in [0.2, 0.25) is 0 Å². The predicted octanol–water partition coefficient (Wildman–Crippen LogP) is 8.79. The standard InChI is InChI=1S/C31H36O2S.C2H6.CH3NO/c1-2-3-20-32-21-22-33-29-15-12-25(13-16-29)27-14-19-31(26-6-4-5-7-26)28(23-27)11-8-24-9-17-30(34)18-10-24;1-2;2-1-3/h8-19,23,26,34H,2-7,20-22H2,1H3;1-2H3;1H,(H2,2,3)/b11-8+;;. The summed E-state index contributed by atoms with van der Waals surface area (Å²) in [5.74, 6) is 1.56. The average molecular weight is 548 g/mol. The maximum absolute atomic E-state index is 8.58. The number of hydrogen-bond acceptors (Lipinski definition) is 4. The SMILES string of the molecule is CC.CCCCOCCOc1ccc(-c2ccc(C3CCCC3)c(/C=C/c3ccc(S)cc3)c2)cc1.NC=O. The van der Waals surface area contributed by atoms with Gasteiger partial charge >= 0.3 is 0 Å². The first kappa shape index (κ1) is 32.2. The minimum Gasteiger partial charge on any atom is -0.491 e. The van der Waals surface area contributed by atoms with Gasteiger partial charge in [0.25, 0.3) is 0 Å². The Morgan fingerprint density at radius 3 is 2.15 bits per heavy atom. The van der Waals surface area contributed by atoms with Crippen LogP contribution < -0.4 is 10.5 Å². The number of unbranched alkanes of at least 4 members (excludes halogenated alkanes) is 1. The number of ether oxygens (including phenoxy) is 2. The fourth-order valence-electron chi connectivity index (χ4n) is 4.59. The molecule has 4 nitrogen and oxygen atoms in total. The summed E-state index contributed by atoms with van der Waals surface area (Å²) in [5, 5.41) is 0. The van der Waals surface area contributed by atoms with Crippen LogP contribution in [0.4, 0.5) is 0 Å². The number of carbonyl (C=O) groups is 1. The highest BCUT2D eigenvalue weighted by Gasteiger charge is 2.19. The molecule has 0 aliphatic heterocycles. The highest BCUT2D eigenvalue weighted by atomic mass is 32.1. The maximum atomic E-state index is 8.58. The van der Waals surface area contributed by atoms with E-state index in [0.29, 0.717) is 19.1 Å². The second kappa shape index (κ2) is 19.1. The topological polar surface area (TPSA) is 61.6 Å². The van der Waals surface area contributed by atoms with E-state index in [9.17, 15) is 0 Å². The molecule has 0 spiro atoms. The van der Waals surface area contributed by atoms with E-state index in [1.165, 1.54) is 53.5 Å². The normalized spacial score (nSPS) is 12.8. The predicted molar refractivity (Wildman–Crippen MR) is 169 cm³/mol. The smallest absolute Gasteiger partial charge is 0.204 e. The Morgan fingerprint density at radius 1 is 0.872 bits per heavy atom. The van der Waals surface area contributed by atoms with E-state index in [0.717, 1.165) is 30.1 Å². The van der Waals surface area contributed by atoms with Crippen LogP contribution in [0.5, 0.6) is 5.75 Å². The minimum atomic E-state index is 0.250. The molecular weight excluding hydrogens is 502 g/mol. The first-order valence-corrected chi connectivity index (χ1v) is 14.7. The summed E-state index contributed by atoms with van der Waals surface area (Å²) in [6.45, 7) is 8.20. The zero-order valence-corrected chi connectivity index (χ0v) is 24.7. The van der Waals surface area contributed by atoms with Gasteiger partial charge in [-0.05, 0) is 83.3 Å².